The number of anilines is 1. The smallest absolute Gasteiger partial charge is 0.162 e. The van der Waals surface area contributed by atoms with E-state index < -0.39 is 0 Å². The van der Waals surface area contributed by atoms with Gasteiger partial charge in [0.05, 0.1) is 5.69 Å². The molecule has 0 spiro atoms. The number of nitrogens with zero attached hydrogens (tertiary/aromatic N) is 3. The van der Waals surface area contributed by atoms with Gasteiger partial charge in [0.2, 0.25) is 0 Å². The van der Waals surface area contributed by atoms with Crippen molar-refractivity contribution < 1.29 is 0 Å². The van der Waals surface area contributed by atoms with Gasteiger partial charge < -0.3 is 5.32 Å². The predicted octanol–water partition coefficient (Wildman–Crippen LogP) is 5.47. The van der Waals surface area contributed by atoms with Gasteiger partial charge in [0.15, 0.2) is 5.82 Å². The molecule has 5 heteroatoms. The van der Waals surface area contributed by atoms with E-state index in [1.165, 1.54) is 0 Å². The van der Waals surface area contributed by atoms with Crippen LogP contribution in [-0.4, -0.2) is 15.0 Å². The van der Waals surface area contributed by atoms with Crippen molar-refractivity contribution in [2.45, 2.75) is 6.54 Å². The van der Waals surface area contributed by atoms with Crippen LogP contribution in [0.2, 0.25) is 5.02 Å². The largest absolute Gasteiger partial charge is 0.366 e. The highest BCUT2D eigenvalue weighted by molar-refractivity contribution is 6.30. The van der Waals surface area contributed by atoms with Crippen LogP contribution in [0.1, 0.15) is 5.56 Å². The van der Waals surface area contributed by atoms with Crippen molar-refractivity contribution >= 4 is 17.4 Å². The van der Waals surface area contributed by atoms with Crippen molar-refractivity contribution in [2.75, 3.05) is 5.32 Å². The molecule has 0 saturated heterocycles. The summed E-state index contributed by atoms with van der Waals surface area (Å²) in [7, 11) is 0. The Balaban J connectivity index is 1.68. The second-order valence-corrected chi connectivity index (χ2v) is 6.48. The fraction of sp³-hybridized carbons (Fsp3) is 0.0455. The van der Waals surface area contributed by atoms with Crippen molar-refractivity contribution in [2.24, 2.45) is 0 Å². The summed E-state index contributed by atoms with van der Waals surface area (Å²) < 4.78 is 0. The molecule has 4 rings (SSSR count). The Morgan fingerprint density at radius 3 is 2.26 bits per heavy atom. The Morgan fingerprint density at radius 2 is 1.52 bits per heavy atom. The summed E-state index contributed by atoms with van der Waals surface area (Å²) >= 11 is 5.96. The first-order valence-corrected chi connectivity index (χ1v) is 8.99. The average molecular weight is 373 g/mol. The molecule has 2 heterocycles. The molecule has 0 bridgehead atoms. The average Bonchev–Trinajstić information content (AvgIpc) is 2.74. The van der Waals surface area contributed by atoms with Crippen molar-refractivity contribution in [1.82, 2.24) is 15.0 Å². The lowest BCUT2D eigenvalue weighted by Crippen LogP contribution is -2.04. The molecule has 4 aromatic rings. The van der Waals surface area contributed by atoms with Crippen LogP contribution in [0, 0.1) is 0 Å². The van der Waals surface area contributed by atoms with Crippen LogP contribution in [0.25, 0.3) is 22.6 Å². The third-order valence-electron chi connectivity index (χ3n) is 4.12. The maximum Gasteiger partial charge on any atom is 0.162 e. The van der Waals surface area contributed by atoms with Gasteiger partial charge in [-0.15, -0.1) is 0 Å². The third kappa shape index (κ3) is 4.30. The van der Waals surface area contributed by atoms with Crippen molar-refractivity contribution in [3.05, 3.63) is 95.8 Å². The number of rotatable bonds is 5. The molecule has 0 amide bonds. The van der Waals surface area contributed by atoms with Gasteiger partial charge in [-0.2, -0.15) is 0 Å². The van der Waals surface area contributed by atoms with E-state index in [4.69, 9.17) is 16.6 Å². The van der Waals surface area contributed by atoms with E-state index in [9.17, 15) is 0 Å². The molecule has 132 valence electrons. The molecule has 27 heavy (non-hydrogen) atoms. The molecule has 0 unspecified atom stereocenters. The topological polar surface area (TPSA) is 50.7 Å². The van der Waals surface area contributed by atoms with E-state index in [1.807, 2.05) is 72.8 Å². The molecular weight excluding hydrogens is 356 g/mol. The second kappa shape index (κ2) is 7.98. The summed E-state index contributed by atoms with van der Waals surface area (Å²) in [4.78, 5) is 13.5. The summed E-state index contributed by atoms with van der Waals surface area (Å²) in [6.45, 7) is 0.651. The molecule has 2 aromatic carbocycles. The molecule has 0 fully saturated rings. The fourth-order valence-electron chi connectivity index (χ4n) is 2.72. The molecular formula is C22H17ClN4. The predicted molar refractivity (Wildman–Crippen MR) is 109 cm³/mol. The van der Waals surface area contributed by atoms with Crippen molar-refractivity contribution in [1.29, 1.82) is 0 Å². The number of aromatic nitrogens is 3. The Hall–Kier alpha value is -3.24. The molecule has 0 radical (unpaired) electrons. The number of hydrogen-bond donors (Lipinski definition) is 1. The van der Waals surface area contributed by atoms with E-state index in [-0.39, 0.29) is 0 Å². The summed E-state index contributed by atoms with van der Waals surface area (Å²) in [5.74, 6) is 1.43. The van der Waals surface area contributed by atoms with Crippen molar-refractivity contribution in [3.63, 3.8) is 0 Å². The minimum Gasteiger partial charge on any atom is -0.366 e. The normalized spacial score (nSPS) is 10.6. The van der Waals surface area contributed by atoms with E-state index >= 15 is 0 Å². The molecule has 0 saturated carbocycles. The van der Waals surface area contributed by atoms with Gasteiger partial charge in [0.1, 0.15) is 5.82 Å². The third-order valence-corrected chi connectivity index (χ3v) is 4.37. The highest BCUT2D eigenvalue weighted by Crippen LogP contribution is 2.24. The Kier molecular flexibility index (Phi) is 5.08. The van der Waals surface area contributed by atoms with Crippen LogP contribution in [0.15, 0.2) is 85.2 Å². The first kappa shape index (κ1) is 17.2. The summed E-state index contributed by atoms with van der Waals surface area (Å²) in [6.07, 6.45) is 3.49. The number of pyridine rings is 1. The highest BCUT2D eigenvalue weighted by atomic mass is 35.5. The Bertz CT molecular complexity index is 961. The molecule has 2 aromatic heterocycles. The zero-order valence-electron chi connectivity index (χ0n) is 14.5. The minimum absolute atomic E-state index is 0.651. The van der Waals surface area contributed by atoms with Crippen molar-refractivity contribution in [3.8, 4) is 22.6 Å². The van der Waals surface area contributed by atoms with Gasteiger partial charge in [-0.1, -0.05) is 54.1 Å². The van der Waals surface area contributed by atoms with Gasteiger partial charge in [-0.3, -0.25) is 4.98 Å². The maximum absolute atomic E-state index is 5.96. The quantitative estimate of drug-likeness (QED) is 0.504. The maximum atomic E-state index is 5.96. The molecule has 0 aliphatic rings. The van der Waals surface area contributed by atoms with Crippen LogP contribution in [0.3, 0.4) is 0 Å². The number of nitrogens with one attached hydrogen (secondary N) is 1. The van der Waals surface area contributed by atoms with E-state index in [2.05, 4.69) is 15.3 Å². The first-order valence-electron chi connectivity index (χ1n) is 8.61. The molecule has 1 N–H and O–H groups in total. The van der Waals surface area contributed by atoms with Gasteiger partial charge in [0, 0.05) is 41.2 Å². The van der Waals surface area contributed by atoms with Crippen LogP contribution in [0.5, 0.6) is 0 Å². The number of benzene rings is 2. The summed E-state index contributed by atoms with van der Waals surface area (Å²) in [6, 6.07) is 23.6. The lowest BCUT2D eigenvalue weighted by Gasteiger charge is -2.11. The highest BCUT2D eigenvalue weighted by Gasteiger charge is 2.09. The molecule has 0 aliphatic heterocycles. The zero-order valence-corrected chi connectivity index (χ0v) is 15.3. The number of halogens is 1. The summed E-state index contributed by atoms with van der Waals surface area (Å²) in [5, 5.41) is 4.12. The van der Waals surface area contributed by atoms with Gasteiger partial charge in [-0.25, -0.2) is 9.97 Å². The van der Waals surface area contributed by atoms with Gasteiger partial charge >= 0.3 is 0 Å². The van der Waals surface area contributed by atoms with E-state index in [0.717, 1.165) is 33.2 Å². The molecule has 4 nitrogen and oxygen atoms in total. The Morgan fingerprint density at radius 1 is 0.778 bits per heavy atom. The fourth-order valence-corrected chi connectivity index (χ4v) is 2.85. The monoisotopic (exact) mass is 372 g/mol. The lowest BCUT2D eigenvalue weighted by atomic mass is 10.1. The molecule has 0 aliphatic carbocycles. The van der Waals surface area contributed by atoms with Crippen LogP contribution in [-0.2, 0) is 6.54 Å². The second-order valence-electron chi connectivity index (χ2n) is 6.04. The molecule has 0 atom stereocenters. The lowest BCUT2D eigenvalue weighted by molar-refractivity contribution is 1.09. The Labute approximate surface area is 162 Å². The summed E-state index contributed by atoms with van der Waals surface area (Å²) in [5.41, 5.74) is 3.97. The van der Waals surface area contributed by atoms with Gasteiger partial charge in [0.25, 0.3) is 0 Å². The first-order chi connectivity index (χ1) is 13.3. The SMILES string of the molecule is Clc1ccc(CNc2cc(-c3ccccc3)nc(-c3ccncc3)n2)cc1. The van der Waals surface area contributed by atoms with E-state index in [1.54, 1.807) is 12.4 Å². The van der Waals surface area contributed by atoms with Crippen LogP contribution >= 0.6 is 11.6 Å². The zero-order chi connectivity index (χ0) is 18.5. The van der Waals surface area contributed by atoms with E-state index in [0.29, 0.717) is 12.4 Å². The minimum atomic E-state index is 0.651. The number of hydrogen-bond acceptors (Lipinski definition) is 4. The van der Waals surface area contributed by atoms with Gasteiger partial charge in [-0.05, 0) is 29.8 Å². The van der Waals surface area contributed by atoms with Crippen LogP contribution < -0.4 is 5.32 Å². The van der Waals surface area contributed by atoms with Crippen LogP contribution in [0.4, 0.5) is 5.82 Å². The standard InChI is InChI=1S/C22H17ClN4/c23-19-8-6-16(7-9-19)15-25-21-14-20(17-4-2-1-3-5-17)26-22(27-21)18-10-12-24-13-11-18/h1-14H,15H2,(H,25,26,27).